The average Bonchev–Trinajstić information content (AvgIpc) is 2.73. The van der Waals surface area contributed by atoms with Crippen LogP contribution in [0.15, 0.2) is 35.9 Å². The highest BCUT2D eigenvalue weighted by Crippen LogP contribution is 2.24. The van der Waals surface area contributed by atoms with Crippen LogP contribution in [-0.2, 0) is 12.8 Å². The Morgan fingerprint density at radius 3 is 2.86 bits per heavy atom. The molecule has 0 spiro atoms. The largest absolute Gasteiger partial charge is 0.375 e. The SMILES string of the molecule is CC(=Cc1ccccc1)CN1CCc2nc(N)sc2CC1. The lowest BCUT2D eigenvalue weighted by Crippen LogP contribution is -2.28. The molecule has 0 radical (unpaired) electrons. The molecule has 3 nitrogen and oxygen atoms in total. The molecular formula is C17H21N3S. The first kappa shape index (κ1) is 14.3. The Labute approximate surface area is 130 Å². The molecule has 3 rings (SSSR count). The fraction of sp³-hybridized carbons (Fsp3) is 0.353. The van der Waals surface area contributed by atoms with Crippen LogP contribution < -0.4 is 5.73 Å². The first-order valence-corrected chi connectivity index (χ1v) is 8.21. The number of hydrogen-bond acceptors (Lipinski definition) is 4. The molecule has 0 saturated heterocycles. The van der Waals surface area contributed by atoms with Gasteiger partial charge < -0.3 is 5.73 Å². The number of nitrogens with two attached hydrogens (primary N) is 1. The topological polar surface area (TPSA) is 42.2 Å². The van der Waals surface area contributed by atoms with E-state index in [-0.39, 0.29) is 0 Å². The lowest BCUT2D eigenvalue weighted by molar-refractivity contribution is 0.312. The molecule has 2 aromatic rings. The van der Waals surface area contributed by atoms with Gasteiger partial charge in [-0.15, -0.1) is 11.3 Å². The number of fused-ring (bicyclic) bond motifs is 1. The van der Waals surface area contributed by atoms with E-state index in [0.29, 0.717) is 5.13 Å². The molecule has 0 unspecified atom stereocenters. The van der Waals surface area contributed by atoms with E-state index in [0.717, 1.165) is 32.5 Å². The smallest absolute Gasteiger partial charge is 0.180 e. The van der Waals surface area contributed by atoms with Crippen LogP contribution in [0.25, 0.3) is 6.08 Å². The molecule has 1 aromatic heterocycles. The van der Waals surface area contributed by atoms with Crippen LogP contribution in [0.5, 0.6) is 0 Å². The monoisotopic (exact) mass is 299 g/mol. The van der Waals surface area contributed by atoms with Gasteiger partial charge in [-0.1, -0.05) is 42.0 Å². The number of anilines is 1. The van der Waals surface area contributed by atoms with E-state index < -0.39 is 0 Å². The quantitative estimate of drug-likeness (QED) is 0.946. The third kappa shape index (κ3) is 3.71. The number of nitrogen functional groups attached to an aromatic ring is 1. The summed E-state index contributed by atoms with van der Waals surface area (Å²) >= 11 is 1.65. The van der Waals surface area contributed by atoms with Gasteiger partial charge in [-0.2, -0.15) is 0 Å². The second-order valence-corrected chi connectivity index (χ2v) is 6.71. The third-order valence-electron chi connectivity index (χ3n) is 3.80. The van der Waals surface area contributed by atoms with Crippen LogP contribution >= 0.6 is 11.3 Å². The van der Waals surface area contributed by atoms with Gasteiger partial charge in [0.1, 0.15) is 0 Å². The molecule has 1 aromatic carbocycles. The maximum absolute atomic E-state index is 5.80. The van der Waals surface area contributed by atoms with Crippen LogP contribution in [0.4, 0.5) is 5.13 Å². The average molecular weight is 299 g/mol. The summed E-state index contributed by atoms with van der Waals surface area (Å²) in [5.74, 6) is 0. The highest BCUT2D eigenvalue weighted by Gasteiger charge is 2.17. The van der Waals surface area contributed by atoms with Crippen molar-refractivity contribution in [2.24, 2.45) is 0 Å². The number of benzene rings is 1. The zero-order chi connectivity index (χ0) is 14.7. The molecule has 21 heavy (non-hydrogen) atoms. The highest BCUT2D eigenvalue weighted by atomic mass is 32.1. The zero-order valence-electron chi connectivity index (χ0n) is 12.4. The summed E-state index contributed by atoms with van der Waals surface area (Å²) in [7, 11) is 0. The third-order valence-corrected chi connectivity index (χ3v) is 4.79. The van der Waals surface area contributed by atoms with Crippen LogP contribution in [-0.4, -0.2) is 29.5 Å². The molecular weight excluding hydrogens is 278 g/mol. The maximum atomic E-state index is 5.80. The molecule has 2 heterocycles. The van der Waals surface area contributed by atoms with Gasteiger partial charge in [-0.3, -0.25) is 4.90 Å². The minimum atomic E-state index is 0.716. The summed E-state index contributed by atoms with van der Waals surface area (Å²) < 4.78 is 0. The van der Waals surface area contributed by atoms with Crippen LogP contribution in [0.1, 0.15) is 23.1 Å². The van der Waals surface area contributed by atoms with Gasteiger partial charge >= 0.3 is 0 Å². The van der Waals surface area contributed by atoms with E-state index in [1.54, 1.807) is 11.3 Å². The molecule has 0 aliphatic carbocycles. The fourth-order valence-corrected chi connectivity index (χ4v) is 3.69. The van der Waals surface area contributed by atoms with E-state index in [9.17, 15) is 0 Å². The van der Waals surface area contributed by atoms with Gasteiger partial charge in [0.05, 0.1) is 5.69 Å². The predicted octanol–water partition coefficient (Wildman–Crippen LogP) is 3.23. The Balaban J connectivity index is 1.62. The summed E-state index contributed by atoms with van der Waals surface area (Å²) in [6, 6.07) is 10.5. The molecule has 0 amide bonds. The number of thiazole rings is 1. The normalized spacial score (nSPS) is 16.5. The summed E-state index contributed by atoms with van der Waals surface area (Å²) in [6.45, 7) is 5.40. The van der Waals surface area contributed by atoms with E-state index in [2.05, 4.69) is 53.2 Å². The summed E-state index contributed by atoms with van der Waals surface area (Å²) in [6.07, 6.45) is 4.36. The van der Waals surface area contributed by atoms with Crippen molar-refractivity contribution in [1.29, 1.82) is 0 Å². The van der Waals surface area contributed by atoms with Crippen molar-refractivity contribution in [3.8, 4) is 0 Å². The van der Waals surface area contributed by atoms with Crippen molar-refractivity contribution in [3.63, 3.8) is 0 Å². The Morgan fingerprint density at radius 2 is 2.05 bits per heavy atom. The first-order chi connectivity index (χ1) is 10.2. The minimum Gasteiger partial charge on any atom is -0.375 e. The van der Waals surface area contributed by atoms with Gasteiger partial charge in [-0.05, 0) is 18.9 Å². The van der Waals surface area contributed by atoms with Gasteiger partial charge in [0.15, 0.2) is 5.13 Å². The van der Waals surface area contributed by atoms with Crippen molar-refractivity contribution in [2.45, 2.75) is 19.8 Å². The molecule has 4 heteroatoms. The summed E-state index contributed by atoms with van der Waals surface area (Å²) in [5.41, 5.74) is 9.69. The van der Waals surface area contributed by atoms with E-state index >= 15 is 0 Å². The molecule has 1 aliphatic heterocycles. The van der Waals surface area contributed by atoms with Gasteiger partial charge in [0, 0.05) is 30.9 Å². The van der Waals surface area contributed by atoms with Gasteiger partial charge in [0.2, 0.25) is 0 Å². The number of nitrogens with zero attached hydrogens (tertiary/aromatic N) is 2. The molecule has 110 valence electrons. The van der Waals surface area contributed by atoms with Crippen molar-refractivity contribution in [2.75, 3.05) is 25.4 Å². The lowest BCUT2D eigenvalue weighted by atomic mass is 10.1. The van der Waals surface area contributed by atoms with Gasteiger partial charge in [-0.25, -0.2) is 4.98 Å². The Kier molecular flexibility index (Phi) is 4.36. The molecule has 0 saturated carbocycles. The second-order valence-electron chi connectivity index (χ2n) is 5.60. The van der Waals surface area contributed by atoms with Gasteiger partial charge in [0.25, 0.3) is 0 Å². The molecule has 0 bridgehead atoms. The van der Waals surface area contributed by atoms with Crippen molar-refractivity contribution in [3.05, 3.63) is 52.0 Å². The lowest BCUT2D eigenvalue weighted by Gasteiger charge is -2.20. The Hall–Kier alpha value is -1.65. The number of rotatable bonds is 3. The molecule has 1 aliphatic rings. The van der Waals surface area contributed by atoms with Crippen LogP contribution in [0.2, 0.25) is 0 Å². The summed E-state index contributed by atoms with van der Waals surface area (Å²) in [4.78, 5) is 8.34. The first-order valence-electron chi connectivity index (χ1n) is 7.39. The van der Waals surface area contributed by atoms with E-state index in [1.807, 2.05) is 0 Å². The molecule has 0 fully saturated rings. The second kappa shape index (κ2) is 6.41. The molecule has 2 N–H and O–H groups in total. The standard InChI is InChI=1S/C17H21N3S/c1-13(11-14-5-3-2-4-6-14)12-20-9-7-15-16(8-10-20)21-17(18)19-15/h2-6,11H,7-10,12H2,1H3,(H2,18,19). The van der Waals surface area contributed by atoms with E-state index in [1.165, 1.54) is 21.7 Å². The molecule has 0 atom stereocenters. The van der Waals surface area contributed by atoms with E-state index in [4.69, 9.17) is 5.73 Å². The Morgan fingerprint density at radius 1 is 1.29 bits per heavy atom. The number of aromatic nitrogens is 1. The fourth-order valence-electron chi connectivity index (χ4n) is 2.82. The van der Waals surface area contributed by atoms with Crippen molar-refractivity contribution < 1.29 is 0 Å². The van der Waals surface area contributed by atoms with Crippen LogP contribution in [0, 0.1) is 0 Å². The van der Waals surface area contributed by atoms with Crippen molar-refractivity contribution >= 4 is 22.5 Å². The van der Waals surface area contributed by atoms with Crippen LogP contribution in [0.3, 0.4) is 0 Å². The number of hydrogen-bond donors (Lipinski definition) is 1. The Bertz CT molecular complexity index is 605. The maximum Gasteiger partial charge on any atom is 0.180 e. The van der Waals surface area contributed by atoms with Crippen molar-refractivity contribution in [1.82, 2.24) is 9.88 Å². The summed E-state index contributed by atoms with van der Waals surface area (Å²) in [5, 5.41) is 0.716. The minimum absolute atomic E-state index is 0.716. The predicted molar refractivity (Wildman–Crippen MR) is 90.5 cm³/mol. The highest BCUT2D eigenvalue weighted by molar-refractivity contribution is 7.15. The zero-order valence-corrected chi connectivity index (χ0v) is 13.2.